The number of hydrogen-bond donors (Lipinski definition) is 0. The molecule has 2 rings (SSSR count). The maximum atomic E-state index is 9.81. The predicted octanol–water partition coefficient (Wildman–Crippen LogP) is 8.76. The summed E-state index contributed by atoms with van der Waals surface area (Å²) in [6.45, 7) is 12.4. The Morgan fingerprint density at radius 1 is 1.04 bits per heavy atom. The highest BCUT2D eigenvalue weighted by molar-refractivity contribution is 6.31. The van der Waals surface area contributed by atoms with E-state index in [-0.39, 0.29) is 13.2 Å². The summed E-state index contributed by atoms with van der Waals surface area (Å²) >= 11 is 6.11. The number of Topliss-reactive ketones (excluding diaryl/α,β-unsaturated/α-hetero) is 1. The molecule has 0 aliphatic heterocycles. The van der Waals surface area contributed by atoms with Gasteiger partial charge in [0.2, 0.25) is 0 Å². The van der Waals surface area contributed by atoms with Crippen LogP contribution in [0.1, 0.15) is 110 Å². The summed E-state index contributed by atoms with van der Waals surface area (Å²) < 4.78 is 0. The first-order valence-electron chi connectivity index (χ1n) is 10.1. The summed E-state index contributed by atoms with van der Waals surface area (Å²) in [6, 6.07) is 6.20. The molecular formula is C24H43ClO. The molecular weight excluding hydrogens is 340 g/mol. The van der Waals surface area contributed by atoms with Crippen LogP contribution in [0.5, 0.6) is 0 Å². The molecule has 152 valence electrons. The summed E-state index contributed by atoms with van der Waals surface area (Å²) in [5.74, 6) is 1.57. The van der Waals surface area contributed by atoms with Crippen molar-refractivity contribution in [1.82, 2.24) is 0 Å². The van der Waals surface area contributed by atoms with Gasteiger partial charge >= 0.3 is 0 Å². The zero-order valence-corrected chi connectivity index (χ0v) is 18.1. The van der Waals surface area contributed by atoms with Crippen molar-refractivity contribution in [3.05, 3.63) is 34.3 Å². The standard InChI is InChI=1S/C13H19Cl.C6H12.C4H8O.CH4/c1-5-9(2)10(3)12-7-6-8-13(14)11(12)4;1-2-4-6-5-3-1;1-3-4(2)5;/h6-10H,5H2,1-4H3;1-6H2;3H2,1-2H3;1H4/t9-,10+;;;/m0.../s1. The molecule has 0 bridgehead atoms. The van der Waals surface area contributed by atoms with Crippen LogP contribution in [-0.4, -0.2) is 5.78 Å². The molecule has 1 saturated carbocycles. The molecule has 0 spiro atoms. The van der Waals surface area contributed by atoms with Gasteiger partial charge in [0.25, 0.3) is 0 Å². The Hall–Kier alpha value is -0.820. The predicted molar refractivity (Wildman–Crippen MR) is 119 cm³/mol. The Morgan fingerprint density at radius 2 is 1.46 bits per heavy atom. The molecule has 1 nitrogen and oxygen atoms in total. The maximum absolute atomic E-state index is 9.81. The van der Waals surface area contributed by atoms with Gasteiger partial charge in [-0.05, 0) is 42.9 Å². The van der Waals surface area contributed by atoms with Gasteiger partial charge in [-0.2, -0.15) is 0 Å². The molecule has 0 unspecified atom stereocenters. The van der Waals surface area contributed by atoms with E-state index in [4.69, 9.17) is 11.6 Å². The van der Waals surface area contributed by atoms with Crippen LogP contribution in [-0.2, 0) is 4.79 Å². The topological polar surface area (TPSA) is 17.1 Å². The first-order valence-corrected chi connectivity index (χ1v) is 10.5. The normalized spacial score (nSPS) is 15.2. The highest BCUT2D eigenvalue weighted by Crippen LogP contribution is 2.31. The zero-order chi connectivity index (χ0) is 19.2. The maximum Gasteiger partial charge on any atom is 0.129 e. The molecule has 0 amide bonds. The molecule has 2 heteroatoms. The summed E-state index contributed by atoms with van der Waals surface area (Å²) in [7, 11) is 0. The van der Waals surface area contributed by atoms with E-state index < -0.39 is 0 Å². The van der Waals surface area contributed by atoms with Crippen molar-refractivity contribution >= 4 is 17.4 Å². The smallest absolute Gasteiger partial charge is 0.129 e. The van der Waals surface area contributed by atoms with Crippen molar-refractivity contribution in [3.63, 3.8) is 0 Å². The van der Waals surface area contributed by atoms with Crippen molar-refractivity contribution < 1.29 is 4.79 Å². The average molecular weight is 383 g/mol. The van der Waals surface area contributed by atoms with E-state index in [1.165, 1.54) is 56.1 Å². The van der Waals surface area contributed by atoms with Gasteiger partial charge in [-0.3, -0.25) is 0 Å². The summed E-state index contributed by atoms with van der Waals surface area (Å²) in [6.07, 6.45) is 10.9. The van der Waals surface area contributed by atoms with E-state index >= 15 is 0 Å². The van der Waals surface area contributed by atoms with Crippen molar-refractivity contribution in [3.8, 4) is 0 Å². The quantitative estimate of drug-likeness (QED) is 0.508. The monoisotopic (exact) mass is 382 g/mol. The fourth-order valence-corrected chi connectivity index (χ4v) is 3.02. The SMILES string of the molecule is C.C1CCCCC1.CCC(C)=O.CC[C@H](C)[C@@H](C)c1cccc(Cl)c1C. The van der Waals surface area contributed by atoms with Gasteiger partial charge in [0.05, 0.1) is 0 Å². The van der Waals surface area contributed by atoms with Gasteiger partial charge in [-0.1, -0.05) is 104 Å². The van der Waals surface area contributed by atoms with E-state index in [1.807, 2.05) is 19.1 Å². The molecule has 0 aromatic heterocycles. The summed E-state index contributed by atoms with van der Waals surface area (Å²) in [5, 5.41) is 0.887. The minimum atomic E-state index is 0. The lowest BCUT2D eigenvalue weighted by Gasteiger charge is -2.21. The van der Waals surface area contributed by atoms with E-state index in [0.29, 0.717) is 18.3 Å². The second kappa shape index (κ2) is 16.4. The third-order valence-corrected chi connectivity index (χ3v) is 5.71. The minimum Gasteiger partial charge on any atom is -0.300 e. The number of halogens is 1. The van der Waals surface area contributed by atoms with Gasteiger partial charge in [0.1, 0.15) is 5.78 Å². The Balaban J connectivity index is 0. The van der Waals surface area contributed by atoms with Crippen LogP contribution < -0.4 is 0 Å². The third kappa shape index (κ3) is 11.7. The third-order valence-electron chi connectivity index (χ3n) is 5.30. The van der Waals surface area contributed by atoms with Crippen LogP contribution in [0.15, 0.2) is 18.2 Å². The number of benzene rings is 1. The number of hydrogen-bond acceptors (Lipinski definition) is 1. The summed E-state index contributed by atoms with van der Waals surface area (Å²) in [4.78, 5) is 9.81. The molecule has 1 fully saturated rings. The van der Waals surface area contributed by atoms with E-state index in [1.54, 1.807) is 6.92 Å². The van der Waals surface area contributed by atoms with E-state index in [9.17, 15) is 4.79 Å². The Bertz CT molecular complexity index is 466. The van der Waals surface area contributed by atoms with Crippen LogP contribution in [0.2, 0.25) is 5.02 Å². The van der Waals surface area contributed by atoms with Gasteiger partial charge in [0.15, 0.2) is 0 Å². The lowest BCUT2D eigenvalue weighted by Crippen LogP contribution is -2.06. The first kappa shape index (κ1) is 27.4. The van der Waals surface area contributed by atoms with Gasteiger partial charge in [-0.15, -0.1) is 0 Å². The first-order chi connectivity index (χ1) is 11.8. The molecule has 0 saturated heterocycles. The Kier molecular flexibility index (Phi) is 17.2. The second-order valence-corrected chi connectivity index (χ2v) is 7.71. The molecule has 1 aromatic carbocycles. The van der Waals surface area contributed by atoms with Gasteiger partial charge in [-0.25, -0.2) is 0 Å². The Morgan fingerprint density at radius 3 is 1.81 bits per heavy atom. The molecule has 26 heavy (non-hydrogen) atoms. The highest BCUT2D eigenvalue weighted by Gasteiger charge is 2.15. The van der Waals surface area contributed by atoms with E-state index in [0.717, 1.165) is 5.02 Å². The van der Waals surface area contributed by atoms with Crippen molar-refractivity contribution in [2.24, 2.45) is 5.92 Å². The second-order valence-electron chi connectivity index (χ2n) is 7.31. The molecule has 1 aliphatic carbocycles. The minimum absolute atomic E-state index is 0. The van der Waals surface area contributed by atoms with Crippen LogP contribution in [0.3, 0.4) is 0 Å². The van der Waals surface area contributed by atoms with Crippen LogP contribution in [0.4, 0.5) is 0 Å². The zero-order valence-electron chi connectivity index (χ0n) is 17.3. The van der Waals surface area contributed by atoms with Crippen LogP contribution in [0, 0.1) is 12.8 Å². The Labute approximate surface area is 168 Å². The van der Waals surface area contributed by atoms with Gasteiger partial charge < -0.3 is 4.79 Å². The largest absolute Gasteiger partial charge is 0.300 e. The number of ketones is 1. The lowest BCUT2D eigenvalue weighted by atomic mass is 9.85. The molecule has 0 N–H and O–H groups in total. The fraction of sp³-hybridized carbons (Fsp3) is 0.708. The molecule has 1 aliphatic rings. The van der Waals surface area contributed by atoms with Crippen molar-refractivity contribution in [2.75, 3.05) is 0 Å². The van der Waals surface area contributed by atoms with Crippen molar-refractivity contribution in [2.45, 2.75) is 106 Å². The summed E-state index contributed by atoms with van der Waals surface area (Å²) in [5.41, 5.74) is 2.63. The molecule has 2 atom stereocenters. The van der Waals surface area contributed by atoms with Crippen molar-refractivity contribution in [1.29, 1.82) is 0 Å². The molecule has 0 heterocycles. The lowest BCUT2D eigenvalue weighted by molar-refractivity contribution is -0.116. The highest BCUT2D eigenvalue weighted by atomic mass is 35.5. The fourth-order valence-electron chi connectivity index (χ4n) is 2.84. The average Bonchev–Trinajstić information content (AvgIpc) is 2.65. The number of carbonyl (C=O) groups is 1. The molecule has 0 radical (unpaired) electrons. The number of rotatable bonds is 4. The van der Waals surface area contributed by atoms with Gasteiger partial charge in [0, 0.05) is 11.4 Å². The molecule has 1 aromatic rings. The number of carbonyl (C=O) groups excluding carboxylic acids is 1. The van der Waals surface area contributed by atoms with Crippen LogP contribution in [0.25, 0.3) is 0 Å². The van der Waals surface area contributed by atoms with Crippen LogP contribution >= 0.6 is 11.6 Å². The van der Waals surface area contributed by atoms with E-state index in [2.05, 4.69) is 33.8 Å².